The molecule has 0 amide bonds. The van der Waals surface area contributed by atoms with Gasteiger partial charge in [0.25, 0.3) is 0 Å². The predicted octanol–water partition coefficient (Wildman–Crippen LogP) is 4.88. The van der Waals surface area contributed by atoms with Gasteiger partial charge in [-0.05, 0) is 63.3 Å². The van der Waals surface area contributed by atoms with E-state index in [2.05, 4.69) is 13.0 Å². The molecule has 1 fully saturated rings. The third kappa shape index (κ3) is 4.74. The molecule has 2 rings (SSSR count). The quantitative estimate of drug-likeness (QED) is 0.669. The van der Waals surface area contributed by atoms with Crippen LogP contribution in [-0.4, -0.2) is 18.7 Å². The van der Waals surface area contributed by atoms with Crippen molar-refractivity contribution in [1.29, 1.82) is 5.26 Å². The number of ether oxygens (including phenoxy) is 2. The standard InChI is InChI=1S/C20H27NO3/c1-3-5-12-20(15-21)13-10-18(11-14-20)24-19(22)16-6-8-17(9-7-16)23-4-2/h6-9,18H,3-5,10-14H2,1-2H3/t18-,20+. The summed E-state index contributed by atoms with van der Waals surface area (Å²) in [5, 5.41) is 9.51. The maximum atomic E-state index is 12.3. The monoisotopic (exact) mass is 329 g/mol. The molecule has 0 N–H and O–H groups in total. The highest BCUT2D eigenvalue weighted by atomic mass is 16.5. The lowest BCUT2D eigenvalue weighted by Gasteiger charge is -2.34. The predicted molar refractivity (Wildman–Crippen MR) is 92.9 cm³/mol. The minimum Gasteiger partial charge on any atom is -0.494 e. The average Bonchev–Trinajstić information content (AvgIpc) is 2.62. The summed E-state index contributed by atoms with van der Waals surface area (Å²) in [5.74, 6) is 0.461. The summed E-state index contributed by atoms with van der Waals surface area (Å²) in [6, 6.07) is 9.56. The van der Waals surface area contributed by atoms with Crippen LogP contribution in [0.2, 0.25) is 0 Å². The number of unbranched alkanes of at least 4 members (excludes halogenated alkanes) is 1. The van der Waals surface area contributed by atoms with Crippen molar-refractivity contribution in [1.82, 2.24) is 0 Å². The van der Waals surface area contributed by atoms with Crippen LogP contribution in [0.25, 0.3) is 0 Å². The molecule has 1 aliphatic carbocycles. The second-order valence-corrected chi connectivity index (χ2v) is 6.56. The van der Waals surface area contributed by atoms with Crippen molar-refractivity contribution in [2.45, 2.75) is 64.9 Å². The van der Waals surface area contributed by atoms with Crippen molar-refractivity contribution >= 4 is 5.97 Å². The minimum absolute atomic E-state index is 0.0767. The van der Waals surface area contributed by atoms with Gasteiger partial charge in [-0.1, -0.05) is 19.8 Å². The fourth-order valence-electron chi connectivity index (χ4n) is 3.27. The summed E-state index contributed by atoms with van der Waals surface area (Å²) >= 11 is 0. The summed E-state index contributed by atoms with van der Waals surface area (Å²) in [6.07, 6.45) is 6.28. The van der Waals surface area contributed by atoms with E-state index in [1.54, 1.807) is 24.3 Å². The van der Waals surface area contributed by atoms with Crippen LogP contribution in [-0.2, 0) is 4.74 Å². The first-order chi connectivity index (χ1) is 11.6. The van der Waals surface area contributed by atoms with Gasteiger partial charge in [0.1, 0.15) is 11.9 Å². The Bertz CT molecular complexity index is 566. The topological polar surface area (TPSA) is 59.3 Å². The summed E-state index contributed by atoms with van der Waals surface area (Å²) in [4.78, 5) is 12.3. The van der Waals surface area contributed by atoms with Gasteiger partial charge in [-0.15, -0.1) is 0 Å². The second-order valence-electron chi connectivity index (χ2n) is 6.56. The average molecular weight is 329 g/mol. The van der Waals surface area contributed by atoms with E-state index in [9.17, 15) is 10.1 Å². The van der Waals surface area contributed by atoms with Gasteiger partial charge < -0.3 is 9.47 Å². The Morgan fingerprint density at radius 1 is 1.25 bits per heavy atom. The van der Waals surface area contributed by atoms with E-state index in [4.69, 9.17) is 9.47 Å². The highest BCUT2D eigenvalue weighted by Gasteiger charge is 2.36. The van der Waals surface area contributed by atoms with Gasteiger partial charge in [-0.25, -0.2) is 4.79 Å². The molecule has 1 aromatic rings. The molecule has 0 saturated heterocycles. The highest BCUT2D eigenvalue weighted by molar-refractivity contribution is 5.89. The van der Waals surface area contributed by atoms with Gasteiger partial charge in [0.15, 0.2) is 0 Å². The number of nitrogens with zero attached hydrogens (tertiary/aromatic N) is 1. The fraction of sp³-hybridized carbons (Fsp3) is 0.600. The highest BCUT2D eigenvalue weighted by Crippen LogP contribution is 2.41. The minimum atomic E-state index is -0.291. The summed E-state index contributed by atoms with van der Waals surface area (Å²) < 4.78 is 11.0. The van der Waals surface area contributed by atoms with Crippen molar-refractivity contribution in [3.05, 3.63) is 29.8 Å². The molecule has 0 unspecified atom stereocenters. The van der Waals surface area contributed by atoms with E-state index in [0.29, 0.717) is 12.2 Å². The molecule has 4 nitrogen and oxygen atoms in total. The molecule has 0 aliphatic heterocycles. The number of hydrogen-bond acceptors (Lipinski definition) is 4. The molecule has 0 aromatic heterocycles. The van der Waals surface area contributed by atoms with Gasteiger partial charge >= 0.3 is 5.97 Å². The smallest absolute Gasteiger partial charge is 0.338 e. The van der Waals surface area contributed by atoms with Gasteiger partial charge in [0, 0.05) is 0 Å². The summed E-state index contributed by atoms with van der Waals surface area (Å²) in [5.41, 5.74) is 0.333. The molecule has 1 saturated carbocycles. The molecule has 1 aromatic carbocycles. The van der Waals surface area contributed by atoms with Gasteiger partial charge in [-0.3, -0.25) is 0 Å². The molecule has 0 bridgehead atoms. The molecule has 0 spiro atoms. The Hall–Kier alpha value is -2.02. The van der Waals surface area contributed by atoms with E-state index in [1.165, 1.54) is 0 Å². The summed E-state index contributed by atoms with van der Waals surface area (Å²) in [6.45, 7) is 4.67. The maximum absolute atomic E-state index is 12.3. The molecule has 0 radical (unpaired) electrons. The zero-order chi connectivity index (χ0) is 17.4. The molecule has 0 heterocycles. The number of esters is 1. The molecular formula is C20H27NO3. The maximum Gasteiger partial charge on any atom is 0.338 e. The van der Waals surface area contributed by atoms with Crippen molar-refractivity contribution in [2.24, 2.45) is 5.41 Å². The van der Waals surface area contributed by atoms with Crippen LogP contribution in [0.1, 0.15) is 69.2 Å². The normalized spacial score (nSPS) is 23.3. The fourth-order valence-corrected chi connectivity index (χ4v) is 3.27. The number of hydrogen-bond donors (Lipinski definition) is 0. The first-order valence-corrected chi connectivity index (χ1v) is 8.97. The van der Waals surface area contributed by atoms with Crippen LogP contribution >= 0.6 is 0 Å². The zero-order valence-corrected chi connectivity index (χ0v) is 14.7. The Morgan fingerprint density at radius 3 is 2.46 bits per heavy atom. The van der Waals surface area contributed by atoms with Crippen molar-refractivity contribution < 1.29 is 14.3 Å². The first kappa shape index (κ1) is 18.3. The molecule has 0 atom stereocenters. The number of benzene rings is 1. The number of nitriles is 1. The van der Waals surface area contributed by atoms with Crippen LogP contribution in [0.4, 0.5) is 0 Å². The number of rotatable bonds is 7. The van der Waals surface area contributed by atoms with Gasteiger partial charge in [-0.2, -0.15) is 5.26 Å². The van der Waals surface area contributed by atoms with Crippen LogP contribution in [0.3, 0.4) is 0 Å². The molecule has 24 heavy (non-hydrogen) atoms. The van der Waals surface area contributed by atoms with E-state index >= 15 is 0 Å². The van der Waals surface area contributed by atoms with Crippen LogP contribution < -0.4 is 4.74 Å². The molecule has 4 heteroatoms. The van der Waals surface area contributed by atoms with E-state index < -0.39 is 0 Å². The van der Waals surface area contributed by atoms with Gasteiger partial charge in [0.2, 0.25) is 0 Å². The van der Waals surface area contributed by atoms with Crippen LogP contribution in [0.5, 0.6) is 5.75 Å². The van der Waals surface area contributed by atoms with E-state index in [0.717, 1.165) is 50.7 Å². The third-order valence-corrected chi connectivity index (χ3v) is 4.81. The van der Waals surface area contributed by atoms with Crippen molar-refractivity contribution in [3.8, 4) is 11.8 Å². The SMILES string of the molecule is CCCC[C@]1(C#N)CC[C@@H](OC(=O)c2ccc(OCC)cc2)CC1. The molecule has 1 aliphatic rings. The van der Waals surface area contributed by atoms with Crippen molar-refractivity contribution in [3.63, 3.8) is 0 Å². The third-order valence-electron chi connectivity index (χ3n) is 4.81. The largest absolute Gasteiger partial charge is 0.494 e. The Morgan fingerprint density at radius 2 is 1.92 bits per heavy atom. The lowest BCUT2D eigenvalue weighted by Crippen LogP contribution is -2.31. The van der Waals surface area contributed by atoms with E-state index in [-0.39, 0.29) is 17.5 Å². The van der Waals surface area contributed by atoms with Crippen LogP contribution in [0.15, 0.2) is 24.3 Å². The van der Waals surface area contributed by atoms with E-state index in [1.807, 2.05) is 6.92 Å². The summed E-state index contributed by atoms with van der Waals surface area (Å²) in [7, 11) is 0. The van der Waals surface area contributed by atoms with Gasteiger partial charge in [0.05, 0.1) is 23.7 Å². The molecular weight excluding hydrogens is 302 g/mol. The van der Waals surface area contributed by atoms with Crippen LogP contribution in [0, 0.1) is 16.7 Å². The first-order valence-electron chi connectivity index (χ1n) is 8.97. The second kappa shape index (κ2) is 8.73. The number of carbonyl (C=O) groups is 1. The lowest BCUT2D eigenvalue weighted by molar-refractivity contribution is 0.0105. The van der Waals surface area contributed by atoms with Crippen molar-refractivity contribution in [2.75, 3.05) is 6.61 Å². The Kier molecular flexibility index (Phi) is 6.66. The Labute approximate surface area is 144 Å². The number of carbonyl (C=O) groups excluding carboxylic acids is 1. The lowest BCUT2D eigenvalue weighted by atomic mass is 9.71. The molecule has 130 valence electrons. The zero-order valence-electron chi connectivity index (χ0n) is 14.7. The Balaban J connectivity index is 1.86.